The minimum Gasteiger partial charge on any atom is -0.355 e. The number of nitrogens with zero attached hydrogens (tertiary/aromatic N) is 1. The van der Waals surface area contributed by atoms with E-state index in [0.717, 1.165) is 23.4 Å². The van der Waals surface area contributed by atoms with Gasteiger partial charge in [0.15, 0.2) is 0 Å². The molecular formula is C19H22Cl2N2O3S. The zero-order chi connectivity index (χ0) is 20.0. The summed E-state index contributed by atoms with van der Waals surface area (Å²) in [5, 5.41) is 3.07. The lowest BCUT2D eigenvalue weighted by Crippen LogP contribution is -2.40. The predicted octanol–water partition coefficient (Wildman–Crippen LogP) is 3.82. The maximum Gasteiger partial charge on any atom is 0.240 e. The second-order valence-corrected chi connectivity index (χ2v) is 8.98. The molecule has 8 heteroatoms. The summed E-state index contributed by atoms with van der Waals surface area (Å²) in [5.74, 6) is -0.402. The molecule has 0 saturated carbocycles. The highest BCUT2D eigenvalue weighted by Gasteiger charge is 2.23. The second-order valence-electron chi connectivity index (χ2n) is 6.29. The summed E-state index contributed by atoms with van der Waals surface area (Å²) in [6, 6.07) is 12.8. The van der Waals surface area contributed by atoms with Crippen molar-refractivity contribution in [1.82, 2.24) is 5.32 Å². The first-order valence-corrected chi connectivity index (χ1v) is 11.0. The third-order valence-electron chi connectivity index (χ3n) is 3.93. The van der Waals surface area contributed by atoms with Crippen molar-refractivity contribution in [3.63, 3.8) is 0 Å². The summed E-state index contributed by atoms with van der Waals surface area (Å²) < 4.78 is 25.2. The van der Waals surface area contributed by atoms with E-state index in [4.69, 9.17) is 23.2 Å². The van der Waals surface area contributed by atoms with Gasteiger partial charge in [-0.3, -0.25) is 9.10 Å². The van der Waals surface area contributed by atoms with E-state index in [9.17, 15) is 13.2 Å². The molecule has 2 aromatic rings. The fourth-order valence-electron chi connectivity index (χ4n) is 2.64. The molecule has 5 nitrogen and oxygen atoms in total. The van der Waals surface area contributed by atoms with Crippen LogP contribution in [0.5, 0.6) is 0 Å². The van der Waals surface area contributed by atoms with Crippen molar-refractivity contribution in [2.45, 2.75) is 19.8 Å². The molecule has 0 spiro atoms. The molecule has 1 amide bonds. The number of carbonyl (C=O) groups excluding carboxylic acids is 1. The molecule has 0 aliphatic rings. The molecule has 0 heterocycles. The molecular weight excluding hydrogens is 407 g/mol. The van der Waals surface area contributed by atoms with E-state index in [0.29, 0.717) is 6.54 Å². The molecule has 0 aliphatic carbocycles. The maximum absolute atomic E-state index is 12.2. The van der Waals surface area contributed by atoms with Gasteiger partial charge in [0.1, 0.15) is 6.54 Å². The van der Waals surface area contributed by atoms with Crippen LogP contribution < -0.4 is 9.62 Å². The molecule has 0 aromatic heterocycles. The fraction of sp³-hybridized carbons (Fsp3) is 0.316. The first-order valence-electron chi connectivity index (χ1n) is 8.42. The number of carbonyl (C=O) groups is 1. The molecule has 0 fully saturated rings. The summed E-state index contributed by atoms with van der Waals surface area (Å²) in [4.78, 5) is 12.2. The first kappa shape index (κ1) is 21.5. The topological polar surface area (TPSA) is 66.5 Å². The number of halogens is 2. The molecule has 0 bridgehead atoms. The van der Waals surface area contributed by atoms with Gasteiger partial charge in [0, 0.05) is 6.54 Å². The Kier molecular flexibility index (Phi) is 7.53. The second kappa shape index (κ2) is 9.44. The number of benzene rings is 2. The predicted molar refractivity (Wildman–Crippen MR) is 111 cm³/mol. The average Bonchev–Trinajstić information content (AvgIpc) is 2.58. The van der Waals surface area contributed by atoms with Crippen molar-refractivity contribution in [2.75, 3.05) is 23.7 Å². The maximum atomic E-state index is 12.2. The van der Waals surface area contributed by atoms with Gasteiger partial charge < -0.3 is 5.32 Å². The third-order valence-corrected chi connectivity index (χ3v) is 5.87. The van der Waals surface area contributed by atoms with Gasteiger partial charge in [-0.15, -0.1) is 0 Å². The highest BCUT2D eigenvalue weighted by atomic mass is 35.5. The lowest BCUT2D eigenvalue weighted by atomic mass is 10.1. The smallest absolute Gasteiger partial charge is 0.240 e. The summed E-state index contributed by atoms with van der Waals surface area (Å²) in [5.41, 5.74) is 2.58. The van der Waals surface area contributed by atoms with Crippen LogP contribution in [-0.2, 0) is 21.2 Å². The summed E-state index contributed by atoms with van der Waals surface area (Å²) in [6.45, 7) is 2.13. The molecule has 2 rings (SSSR count). The average molecular weight is 429 g/mol. The van der Waals surface area contributed by atoms with Gasteiger partial charge in [-0.2, -0.15) is 0 Å². The molecule has 0 unspecified atom stereocenters. The van der Waals surface area contributed by atoms with E-state index in [1.807, 2.05) is 25.1 Å². The van der Waals surface area contributed by atoms with Crippen LogP contribution in [0.2, 0.25) is 10.0 Å². The van der Waals surface area contributed by atoms with Crippen molar-refractivity contribution < 1.29 is 13.2 Å². The Morgan fingerprint density at radius 2 is 1.85 bits per heavy atom. The molecule has 0 radical (unpaired) electrons. The highest BCUT2D eigenvalue weighted by molar-refractivity contribution is 7.92. The highest BCUT2D eigenvalue weighted by Crippen LogP contribution is 2.33. The van der Waals surface area contributed by atoms with Crippen LogP contribution in [0.25, 0.3) is 0 Å². The van der Waals surface area contributed by atoms with E-state index >= 15 is 0 Å². The fourth-order valence-corrected chi connectivity index (χ4v) is 3.95. The zero-order valence-corrected chi connectivity index (χ0v) is 17.5. The Bertz CT molecular complexity index is 917. The third kappa shape index (κ3) is 6.41. The van der Waals surface area contributed by atoms with Crippen LogP contribution in [-0.4, -0.2) is 33.7 Å². The molecule has 0 atom stereocenters. The van der Waals surface area contributed by atoms with E-state index in [2.05, 4.69) is 11.4 Å². The van der Waals surface area contributed by atoms with E-state index in [1.54, 1.807) is 12.1 Å². The Balaban J connectivity index is 1.95. The SMILES string of the molecule is Cc1cccc(CCCNC(=O)CN(c2cccc(Cl)c2Cl)S(C)(=O)=O)c1. The Labute approximate surface area is 170 Å². The molecule has 1 N–H and O–H groups in total. The number of anilines is 1. The van der Waals surface area contributed by atoms with Crippen LogP contribution in [0.4, 0.5) is 5.69 Å². The van der Waals surface area contributed by atoms with E-state index < -0.39 is 15.9 Å². The lowest BCUT2D eigenvalue weighted by molar-refractivity contribution is -0.119. The van der Waals surface area contributed by atoms with Crippen LogP contribution in [0.3, 0.4) is 0 Å². The van der Waals surface area contributed by atoms with Gasteiger partial charge in [0.25, 0.3) is 0 Å². The number of nitrogens with one attached hydrogen (secondary N) is 1. The number of sulfonamides is 1. The number of aryl methyl sites for hydroxylation is 2. The quantitative estimate of drug-likeness (QED) is 0.649. The van der Waals surface area contributed by atoms with Crippen molar-refractivity contribution in [2.24, 2.45) is 0 Å². The Morgan fingerprint density at radius 3 is 2.52 bits per heavy atom. The van der Waals surface area contributed by atoms with Gasteiger partial charge in [-0.25, -0.2) is 8.42 Å². The zero-order valence-electron chi connectivity index (χ0n) is 15.2. The van der Waals surface area contributed by atoms with Gasteiger partial charge in [0.05, 0.1) is 22.0 Å². The van der Waals surface area contributed by atoms with Gasteiger partial charge in [0.2, 0.25) is 15.9 Å². The van der Waals surface area contributed by atoms with Gasteiger partial charge >= 0.3 is 0 Å². The van der Waals surface area contributed by atoms with Crippen molar-refractivity contribution in [3.05, 3.63) is 63.6 Å². The summed E-state index contributed by atoms with van der Waals surface area (Å²) in [6.07, 6.45) is 2.61. The van der Waals surface area contributed by atoms with E-state index in [-0.39, 0.29) is 22.3 Å². The van der Waals surface area contributed by atoms with Crippen LogP contribution in [0.15, 0.2) is 42.5 Å². The minimum absolute atomic E-state index is 0.0943. The van der Waals surface area contributed by atoms with Crippen LogP contribution >= 0.6 is 23.2 Å². The molecule has 27 heavy (non-hydrogen) atoms. The van der Waals surface area contributed by atoms with Crippen molar-refractivity contribution in [1.29, 1.82) is 0 Å². The first-order chi connectivity index (χ1) is 12.7. The molecule has 146 valence electrons. The number of hydrogen-bond acceptors (Lipinski definition) is 3. The lowest BCUT2D eigenvalue weighted by Gasteiger charge is -2.23. The van der Waals surface area contributed by atoms with E-state index in [1.165, 1.54) is 17.2 Å². The monoisotopic (exact) mass is 428 g/mol. The van der Waals surface area contributed by atoms with Crippen molar-refractivity contribution >= 4 is 44.8 Å². The molecule has 0 aliphatic heterocycles. The largest absolute Gasteiger partial charge is 0.355 e. The standard InChI is InChI=1S/C19H22Cl2N2O3S/c1-14-6-3-7-15(12-14)8-5-11-22-18(24)13-23(27(2,25)26)17-10-4-9-16(20)19(17)21/h3-4,6-7,9-10,12H,5,8,11,13H2,1-2H3,(H,22,24). The summed E-state index contributed by atoms with van der Waals surface area (Å²) >= 11 is 12.1. The number of hydrogen-bond donors (Lipinski definition) is 1. The molecule has 2 aromatic carbocycles. The summed E-state index contributed by atoms with van der Waals surface area (Å²) in [7, 11) is -3.70. The van der Waals surface area contributed by atoms with Crippen molar-refractivity contribution in [3.8, 4) is 0 Å². The normalized spacial score (nSPS) is 11.3. The molecule has 0 saturated heterocycles. The van der Waals surface area contributed by atoms with Crippen LogP contribution in [0, 0.1) is 6.92 Å². The van der Waals surface area contributed by atoms with Gasteiger partial charge in [-0.05, 0) is 37.5 Å². The number of rotatable bonds is 8. The van der Waals surface area contributed by atoms with Gasteiger partial charge in [-0.1, -0.05) is 59.1 Å². The minimum atomic E-state index is -3.70. The van der Waals surface area contributed by atoms with Crippen LogP contribution in [0.1, 0.15) is 17.5 Å². The Morgan fingerprint density at radius 1 is 1.15 bits per heavy atom. The Hall–Kier alpha value is -1.76. The number of amides is 1.